The lowest BCUT2D eigenvalue weighted by molar-refractivity contribution is 0.247. The van der Waals surface area contributed by atoms with Crippen LogP contribution >= 0.6 is 35.4 Å². The van der Waals surface area contributed by atoms with Gasteiger partial charge in [-0.2, -0.15) is 0 Å². The molecule has 1 aliphatic heterocycles. The molecule has 1 aromatic carbocycles. The van der Waals surface area contributed by atoms with E-state index in [1.165, 1.54) is 0 Å². The van der Waals surface area contributed by atoms with E-state index in [0.29, 0.717) is 26.9 Å². The fourth-order valence-electron chi connectivity index (χ4n) is 2.11. The van der Waals surface area contributed by atoms with E-state index in [2.05, 4.69) is 22.6 Å². The minimum Gasteiger partial charge on any atom is -0.360 e. The highest BCUT2D eigenvalue weighted by molar-refractivity contribution is 7.80. The first-order chi connectivity index (χ1) is 9.06. The molecule has 0 atom stereocenters. The molecule has 0 saturated carbocycles. The second-order valence-corrected chi connectivity index (χ2v) is 6.00. The first-order valence-corrected chi connectivity index (χ1v) is 7.43. The fourth-order valence-corrected chi connectivity index (χ4v) is 2.87. The van der Waals surface area contributed by atoms with Gasteiger partial charge in [-0.05, 0) is 57.3 Å². The Morgan fingerprint density at radius 1 is 1.26 bits per heavy atom. The molecule has 2 rings (SSSR count). The third-order valence-corrected chi connectivity index (χ3v) is 4.10. The number of halogens is 2. The number of nitrogens with one attached hydrogen (secondary N) is 2. The van der Waals surface area contributed by atoms with Crippen LogP contribution in [0.25, 0.3) is 0 Å². The van der Waals surface area contributed by atoms with Crippen molar-refractivity contribution in [3.63, 3.8) is 0 Å². The first-order valence-electron chi connectivity index (χ1n) is 6.26. The summed E-state index contributed by atoms with van der Waals surface area (Å²) in [6.07, 6.45) is 2.18. The number of para-hydroxylation sites is 1. The molecule has 0 bridgehead atoms. The molecule has 1 aromatic rings. The van der Waals surface area contributed by atoms with E-state index < -0.39 is 0 Å². The Labute approximate surface area is 129 Å². The van der Waals surface area contributed by atoms with Crippen molar-refractivity contribution >= 4 is 46.2 Å². The molecule has 0 amide bonds. The van der Waals surface area contributed by atoms with Gasteiger partial charge in [0.25, 0.3) is 0 Å². The Bertz CT molecular complexity index is 439. The van der Waals surface area contributed by atoms with E-state index in [1.807, 2.05) is 6.07 Å². The molecule has 6 heteroatoms. The standard InChI is InChI=1S/C13H17Cl2N3S/c1-18-7-5-9(6-8-18)16-13(19)17-12-10(14)3-2-4-11(12)15/h2-4,9H,5-8H2,1H3,(H2,16,17,19). The summed E-state index contributed by atoms with van der Waals surface area (Å²) in [6.45, 7) is 2.18. The molecule has 0 spiro atoms. The van der Waals surface area contributed by atoms with E-state index >= 15 is 0 Å². The van der Waals surface area contributed by atoms with Crippen LogP contribution in [0, 0.1) is 0 Å². The van der Waals surface area contributed by atoms with Crippen molar-refractivity contribution in [2.45, 2.75) is 18.9 Å². The number of rotatable bonds is 2. The molecule has 0 aromatic heterocycles. The number of hydrogen-bond acceptors (Lipinski definition) is 2. The molecule has 1 aliphatic rings. The molecule has 0 unspecified atom stereocenters. The minimum atomic E-state index is 0.414. The van der Waals surface area contributed by atoms with Gasteiger partial charge in [0.2, 0.25) is 0 Å². The number of nitrogens with zero attached hydrogens (tertiary/aromatic N) is 1. The van der Waals surface area contributed by atoms with Crippen LogP contribution in [0.3, 0.4) is 0 Å². The summed E-state index contributed by atoms with van der Waals surface area (Å²) >= 11 is 17.5. The highest BCUT2D eigenvalue weighted by Crippen LogP contribution is 2.29. The van der Waals surface area contributed by atoms with Crippen LogP contribution in [0.2, 0.25) is 10.0 Å². The maximum atomic E-state index is 6.09. The van der Waals surface area contributed by atoms with Crippen LogP contribution in [0.15, 0.2) is 18.2 Å². The zero-order valence-corrected chi connectivity index (χ0v) is 13.1. The molecular weight excluding hydrogens is 301 g/mol. The maximum absolute atomic E-state index is 6.09. The van der Waals surface area contributed by atoms with Gasteiger partial charge in [0.1, 0.15) is 0 Å². The summed E-state index contributed by atoms with van der Waals surface area (Å²) in [5, 5.41) is 8.11. The summed E-state index contributed by atoms with van der Waals surface area (Å²) in [6, 6.07) is 5.79. The summed E-state index contributed by atoms with van der Waals surface area (Å²) in [7, 11) is 2.14. The van der Waals surface area contributed by atoms with E-state index in [4.69, 9.17) is 35.4 Å². The van der Waals surface area contributed by atoms with Gasteiger partial charge in [0.05, 0.1) is 15.7 Å². The maximum Gasteiger partial charge on any atom is 0.171 e. The highest BCUT2D eigenvalue weighted by atomic mass is 35.5. The molecule has 3 nitrogen and oxygen atoms in total. The molecule has 1 heterocycles. The average Bonchev–Trinajstić information content (AvgIpc) is 2.37. The van der Waals surface area contributed by atoms with Gasteiger partial charge >= 0.3 is 0 Å². The zero-order valence-electron chi connectivity index (χ0n) is 10.7. The Kier molecular flexibility index (Phi) is 5.28. The normalized spacial score (nSPS) is 17.2. The van der Waals surface area contributed by atoms with Crippen LogP contribution in [0.4, 0.5) is 5.69 Å². The number of anilines is 1. The molecule has 104 valence electrons. The van der Waals surface area contributed by atoms with Crippen LogP contribution < -0.4 is 10.6 Å². The van der Waals surface area contributed by atoms with Crippen LogP contribution in [-0.4, -0.2) is 36.2 Å². The predicted molar refractivity (Wildman–Crippen MR) is 86.3 cm³/mol. The topological polar surface area (TPSA) is 27.3 Å². The van der Waals surface area contributed by atoms with E-state index in [9.17, 15) is 0 Å². The Morgan fingerprint density at radius 2 is 1.84 bits per heavy atom. The summed E-state index contributed by atoms with van der Waals surface area (Å²) in [4.78, 5) is 2.32. The largest absolute Gasteiger partial charge is 0.360 e. The number of benzene rings is 1. The minimum absolute atomic E-state index is 0.414. The van der Waals surface area contributed by atoms with Gasteiger partial charge in [-0.25, -0.2) is 0 Å². The fraction of sp³-hybridized carbons (Fsp3) is 0.462. The third kappa shape index (κ3) is 4.21. The molecule has 0 radical (unpaired) electrons. The summed E-state index contributed by atoms with van der Waals surface area (Å²) in [5.74, 6) is 0. The second kappa shape index (κ2) is 6.75. The Balaban J connectivity index is 1.91. The van der Waals surface area contributed by atoms with E-state index in [-0.39, 0.29) is 0 Å². The van der Waals surface area contributed by atoms with Gasteiger partial charge < -0.3 is 15.5 Å². The highest BCUT2D eigenvalue weighted by Gasteiger charge is 2.17. The lowest BCUT2D eigenvalue weighted by atomic mass is 10.1. The van der Waals surface area contributed by atoms with E-state index in [1.54, 1.807) is 12.1 Å². The van der Waals surface area contributed by atoms with Crippen molar-refractivity contribution in [1.82, 2.24) is 10.2 Å². The quantitative estimate of drug-likeness (QED) is 0.818. The molecular formula is C13H17Cl2N3S. The number of piperidine rings is 1. The van der Waals surface area contributed by atoms with Crippen molar-refractivity contribution in [1.29, 1.82) is 0 Å². The lowest BCUT2D eigenvalue weighted by Crippen LogP contribution is -2.44. The zero-order chi connectivity index (χ0) is 13.8. The van der Waals surface area contributed by atoms with E-state index in [0.717, 1.165) is 25.9 Å². The van der Waals surface area contributed by atoms with Crippen LogP contribution in [-0.2, 0) is 0 Å². The van der Waals surface area contributed by atoms with Crippen molar-refractivity contribution in [3.05, 3.63) is 28.2 Å². The number of thiocarbonyl (C=S) groups is 1. The van der Waals surface area contributed by atoms with Gasteiger partial charge in [0, 0.05) is 6.04 Å². The molecule has 2 N–H and O–H groups in total. The molecule has 1 saturated heterocycles. The van der Waals surface area contributed by atoms with Crippen molar-refractivity contribution < 1.29 is 0 Å². The van der Waals surface area contributed by atoms with Crippen molar-refractivity contribution in [3.8, 4) is 0 Å². The Hall–Kier alpha value is -0.550. The van der Waals surface area contributed by atoms with Crippen molar-refractivity contribution in [2.24, 2.45) is 0 Å². The number of hydrogen-bond donors (Lipinski definition) is 2. The third-order valence-electron chi connectivity index (χ3n) is 3.26. The first kappa shape index (κ1) is 14.9. The van der Waals surface area contributed by atoms with Gasteiger partial charge in [-0.1, -0.05) is 29.3 Å². The van der Waals surface area contributed by atoms with Gasteiger partial charge in [0.15, 0.2) is 5.11 Å². The second-order valence-electron chi connectivity index (χ2n) is 4.77. The van der Waals surface area contributed by atoms with Crippen LogP contribution in [0.5, 0.6) is 0 Å². The number of likely N-dealkylation sites (tertiary alicyclic amines) is 1. The van der Waals surface area contributed by atoms with Gasteiger partial charge in [-0.3, -0.25) is 0 Å². The molecule has 1 fully saturated rings. The average molecular weight is 318 g/mol. The summed E-state index contributed by atoms with van der Waals surface area (Å²) < 4.78 is 0. The Morgan fingerprint density at radius 3 is 2.42 bits per heavy atom. The molecule has 19 heavy (non-hydrogen) atoms. The van der Waals surface area contributed by atoms with Gasteiger partial charge in [-0.15, -0.1) is 0 Å². The summed E-state index contributed by atoms with van der Waals surface area (Å²) in [5.41, 5.74) is 0.663. The smallest absolute Gasteiger partial charge is 0.171 e. The lowest BCUT2D eigenvalue weighted by Gasteiger charge is -2.30. The predicted octanol–water partition coefficient (Wildman–Crippen LogP) is 3.37. The monoisotopic (exact) mass is 317 g/mol. The SMILES string of the molecule is CN1CCC(NC(=S)Nc2c(Cl)cccc2Cl)CC1. The van der Waals surface area contributed by atoms with Crippen molar-refractivity contribution in [2.75, 3.05) is 25.5 Å². The molecule has 0 aliphatic carbocycles. The van der Waals surface area contributed by atoms with Crippen LogP contribution in [0.1, 0.15) is 12.8 Å².